The van der Waals surface area contributed by atoms with E-state index in [9.17, 15) is 0 Å². The molecule has 0 amide bonds. The van der Waals surface area contributed by atoms with E-state index in [-0.39, 0.29) is 18.0 Å². The van der Waals surface area contributed by atoms with Crippen molar-refractivity contribution < 1.29 is 36.7 Å². The van der Waals surface area contributed by atoms with Gasteiger partial charge in [0.1, 0.15) is 40.9 Å². The van der Waals surface area contributed by atoms with Gasteiger partial charge in [-0.2, -0.15) is 0 Å². The summed E-state index contributed by atoms with van der Waals surface area (Å²) in [6, 6.07) is 28.6. The van der Waals surface area contributed by atoms with E-state index in [2.05, 4.69) is 5.32 Å². The van der Waals surface area contributed by atoms with Crippen LogP contribution in [0.4, 0.5) is 13.2 Å². The van der Waals surface area contributed by atoms with Crippen LogP contribution in [0.15, 0.2) is 102 Å². The topological polar surface area (TPSA) is 70.5 Å². The van der Waals surface area contributed by atoms with E-state index >= 15 is 13.2 Å². The number of alkyl halides is 2. The van der Waals surface area contributed by atoms with Crippen molar-refractivity contribution in [2.75, 3.05) is 20.8 Å². The second kappa shape index (κ2) is 13.3. The lowest BCUT2D eigenvalue weighted by molar-refractivity contribution is -0.214. The number of aliphatic imine (C=N–C) groups is 1. The number of hydrogen-bond acceptors (Lipinski definition) is 7. The van der Waals surface area contributed by atoms with Gasteiger partial charge in [0.25, 0.3) is 0 Å². The van der Waals surface area contributed by atoms with Crippen LogP contribution >= 0.6 is 0 Å². The predicted octanol–water partition coefficient (Wildman–Crippen LogP) is 7.78. The van der Waals surface area contributed by atoms with Crippen molar-refractivity contribution in [2.24, 2.45) is 4.99 Å². The van der Waals surface area contributed by atoms with E-state index in [1.165, 1.54) is 39.0 Å². The summed E-state index contributed by atoms with van der Waals surface area (Å²) in [5.74, 6) is -3.19. The molecule has 0 saturated carbocycles. The molecular formula is C41H46BF3N2O5. The second-order valence-corrected chi connectivity index (χ2v) is 15.0. The molecule has 6 rings (SSSR count). The lowest BCUT2D eigenvalue weighted by Crippen LogP contribution is -2.56. The van der Waals surface area contributed by atoms with Crippen molar-refractivity contribution in [1.29, 1.82) is 0 Å². The van der Waals surface area contributed by atoms with Crippen LogP contribution < -0.4 is 20.3 Å². The smallest absolute Gasteiger partial charge is 0.494 e. The number of nitrogens with one attached hydrogen (secondary N) is 1. The quantitative estimate of drug-likeness (QED) is 0.149. The Balaban J connectivity index is 1.57. The molecule has 52 heavy (non-hydrogen) atoms. The Labute approximate surface area is 304 Å². The fraction of sp³-hybridized carbons (Fsp3) is 0.390. The molecule has 0 aromatic heterocycles. The van der Waals surface area contributed by atoms with Crippen LogP contribution in [-0.2, 0) is 25.1 Å². The molecule has 2 heterocycles. The molecule has 274 valence electrons. The zero-order valence-electron chi connectivity index (χ0n) is 31.1. The van der Waals surface area contributed by atoms with E-state index in [0.717, 1.165) is 16.7 Å². The number of ether oxygens (including phenoxy) is 3. The Hall–Kier alpha value is -4.32. The van der Waals surface area contributed by atoms with Gasteiger partial charge >= 0.3 is 13.0 Å². The zero-order chi connectivity index (χ0) is 37.7. The molecule has 4 aromatic carbocycles. The lowest BCUT2D eigenvalue weighted by Gasteiger charge is -2.42. The minimum absolute atomic E-state index is 0.0867. The van der Waals surface area contributed by atoms with Crippen LogP contribution in [0.2, 0.25) is 0 Å². The first-order valence-corrected chi connectivity index (χ1v) is 17.3. The molecule has 0 bridgehead atoms. The molecule has 7 nitrogen and oxygen atoms in total. The van der Waals surface area contributed by atoms with Gasteiger partial charge in [-0.3, -0.25) is 4.99 Å². The molecule has 1 N–H and O–H groups in total. The Kier molecular flexibility index (Phi) is 9.56. The molecular weight excluding hydrogens is 668 g/mol. The van der Waals surface area contributed by atoms with Gasteiger partial charge in [0.05, 0.1) is 25.4 Å². The number of amidine groups is 1. The maximum Gasteiger partial charge on any atom is 0.494 e. The summed E-state index contributed by atoms with van der Waals surface area (Å²) in [6.45, 7) is 11.1. The third-order valence-electron chi connectivity index (χ3n) is 10.9. The van der Waals surface area contributed by atoms with Crippen molar-refractivity contribution in [2.45, 2.75) is 82.3 Å². The summed E-state index contributed by atoms with van der Waals surface area (Å²) in [4.78, 5) is 4.80. The van der Waals surface area contributed by atoms with E-state index in [4.69, 9.17) is 28.5 Å². The van der Waals surface area contributed by atoms with Gasteiger partial charge in [0.15, 0.2) is 5.54 Å². The average molecular weight is 715 g/mol. The third kappa shape index (κ3) is 6.16. The first-order valence-electron chi connectivity index (χ1n) is 17.3. The van der Waals surface area contributed by atoms with E-state index in [1.54, 1.807) is 14.2 Å². The molecule has 11 heteroatoms. The van der Waals surface area contributed by atoms with Gasteiger partial charge in [-0.25, -0.2) is 13.2 Å². The minimum Gasteiger partial charge on any atom is -0.497 e. The number of rotatable bonds is 8. The van der Waals surface area contributed by atoms with Gasteiger partial charge in [-0.15, -0.1) is 0 Å². The second-order valence-electron chi connectivity index (χ2n) is 15.0. The van der Waals surface area contributed by atoms with Crippen LogP contribution in [0.5, 0.6) is 11.5 Å². The average Bonchev–Trinajstić information content (AvgIpc) is 3.31. The molecule has 0 spiro atoms. The Morgan fingerprint density at radius 1 is 0.692 bits per heavy atom. The highest BCUT2D eigenvalue weighted by atomic mass is 19.3. The van der Waals surface area contributed by atoms with Gasteiger partial charge in [0.2, 0.25) is 0 Å². The van der Waals surface area contributed by atoms with E-state index in [1.807, 2.05) is 107 Å². The summed E-state index contributed by atoms with van der Waals surface area (Å²) in [5.41, 5.74) is -4.73. The van der Waals surface area contributed by atoms with Gasteiger partial charge in [-0.1, -0.05) is 66.7 Å². The maximum absolute atomic E-state index is 17.1. The molecule has 4 aromatic rings. The number of hydrogen-bond donors (Lipinski definition) is 1. The molecule has 0 aliphatic carbocycles. The van der Waals surface area contributed by atoms with Crippen molar-refractivity contribution >= 4 is 18.4 Å². The summed E-state index contributed by atoms with van der Waals surface area (Å²) < 4.78 is 79.9. The largest absolute Gasteiger partial charge is 0.497 e. The fourth-order valence-corrected chi connectivity index (χ4v) is 6.94. The number of methoxy groups -OCH3 is 2. The number of benzene rings is 4. The van der Waals surface area contributed by atoms with Crippen LogP contribution in [0.3, 0.4) is 0 Å². The minimum atomic E-state index is -3.71. The van der Waals surface area contributed by atoms with Crippen LogP contribution in [0, 0.1) is 5.82 Å². The van der Waals surface area contributed by atoms with Gasteiger partial charge in [0, 0.05) is 5.56 Å². The van der Waals surface area contributed by atoms with Crippen molar-refractivity contribution in [3.05, 3.63) is 125 Å². The highest BCUT2D eigenvalue weighted by Crippen LogP contribution is 2.51. The first kappa shape index (κ1) is 37.4. The Bertz CT molecular complexity index is 1870. The monoisotopic (exact) mass is 714 g/mol. The highest BCUT2D eigenvalue weighted by molar-refractivity contribution is 6.62. The molecule has 1 saturated heterocycles. The normalized spacial score (nSPS) is 21.9. The lowest BCUT2D eigenvalue weighted by atomic mass is 9.73. The summed E-state index contributed by atoms with van der Waals surface area (Å²) in [7, 11) is 2.26. The van der Waals surface area contributed by atoms with Gasteiger partial charge < -0.3 is 28.8 Å². The summed E-state index contributed by atoms with van der Waals surface area (Å²) in [6.07, 6.45) is 0. The first-order chi connectivity index (χ1) is 24.4. The molecule has 2 aliphatic rings. The van der Waals surface area contributed by atoms with Gasteiger partial charge in [-0.05, 0) is 101 Å². The highest BCUT2D eigenvalue weighted by Gasteiger charge is 2.64. The van der Waals surface area contributed by atoms with Crippen molar-refractivity contribution in [1.82, 2.24) is 5.32 Å². The standard InChI is InChI=1S/C41H46BF3N2O5/c1-36(2)37(3,4)52-42(51-36)30-19-24-34(43)33(25-30)39(7)41(44,45)38(5,6)50-26-35(46-39)47-40(27-13-11-10-12-14-27,28-15-20-31(48-8)21-16-28)29-17-22-32(49-9)23-18-29/h10-25H,26H2,1-9H3,(H,46,47)/t39-/m1/s1. The third-order valence-corrected chi connectivity index (χ3v) is 10.9. The molecule has 0 radical (unpaired) electrons. The van der Waals surface area contributed by atoms with Crippen LogP contribution in [0.25, 0.3) is 0 Å². The molecule has 1 atom stereocenters. The Morgan fingerprint density at radius 3 is 1.69 bits per heavy atom. The predicted molar refractivity (Wildman–Crippen MR) is 197 cm³/mol. The number of nitrogens with zero attached hydrogens (tertiary/aromatic N) is 1. The fourth-order valence-electron chi connectivity index (χ4n) is 6.94. The van der Waals surface area contributed by atoms with E-state index < -0.39 is 46.7 Å². The van der Waals surface area contributed by atoms with Crippen LogP contribution in [0.1, 0.15) is 70.7 Å². The number of halogens is 3. The molecule has 2 aliphatic heterocycles. The van der Waals surface area contributed by atoms with Crippen molar-refractivity contribution in [3.8, 4) is 11.5 Å². The summed E-state index contributed by atoms with van der Waals surface area (Å²) >= 11 is 0. The zero-order valence-corrected chi connectivity index (χ0v) is 31.1. The van der Waals surface area contributed by atoms with Crippen molar-refractivity contribution in [3.63, 3.8) is 0 Å². The SMILES string of the molecule is COc1ccc(C(NC2=N[C@](C)(c3cc(B4OC(C)(C)C(C)(C)O4)ccc3F)C(F)(F)C(C)(C)OC2)(c2ccccc2)c2ccc(OC)cc2)cc1. The summed E-state index contributed by atoms with van der Waals surface area (Å²) in [5, 5.41) is 3.58. The van der Waals surface area contributed by atoms with E-state index in [0.29, 0.717) is 17.0 Å². The van der Waals surface area contributed by atoms with Crippen LogP contribution in [-0.4, -0.2) is 56.5 Å². The maximum atomic E-state index is 17.1. The Morgan fingerprint density at radius 2 is 1.19 bits per heavy atom. The molecule has 1 fully saturated rings. The molecule has 0 unspecified atom stereocenters.